The molecule has 1 saturated heterocycles. The number of nitrogens with one attached hydrogen (secondary N) is 1. The number of carbonyl (C=O) groups excluding carboxylic acids is 2. The lowest BCUT2D eigenvalue weighted by atomic mass is 10.0. The first-order valence-corrected chi connectivity index (χ1v) is 18.0. The summed E-state index contributed by atoms with van der Waals surface area (Å²) in [4.78, 5) is 31.5. The third-order valence-corrected chi connectivity index (χ3v) is 8.00. The molecule has 1 aliphatic rings. The summed E-state index contributed by atoms with van der Waals surface area (Å²) in [7, 11) is 0. The summed E-state index contributed by atoms with van der Waals surface area (Å²) in [5.41, 5.74) is 5.72. The number of unbranched alkanes of at least 4 members (excludes halogenated alkanes) is 1. The predicted molar refractivity (Wildman–Crippen MR) is 189 cm³/mol. The van der Waals surface area contributed by atoms with Crippen LogP contribution in [-0.4, -0.2) is 122 Å². The van der Waals surface area contributed by atoms with E-state index in [0.717, 1.165) is 57.2 Å². The van der Waals surface area contributed by atoms with Crippen LogP contribution in [0.1, 0.15) is 49.3 Å². The molecule has 0 saturated carbocycles. The molecule has 2 aromatic carbocycles. The lowest BCUT2D eigenvalue weighted by Crippen LogP contribution is -2.39. The Hall–Kier alpha value is -2.94. The smallest absolute Gasteiger partial charge is 0.357 e. The number of rotatable bonds is 28. The van der Waals surface area contributed by atoms with Gasteiger partial charge in [0, 0.05) is 19.7 Å². The van der Waals surface area contributed by atoms with E-state index in [1.165, 1.54) is 11.1 Å². The second-order valence-corrected chi connectivity index (χ2v) is 12.0. The number of piperidine rings is 1. The van der Waals surface area contributed by atoms with Gasteiger partial charge in [0.05, 0.1) is 85.3 Å². The van der Waals surface area contributed by atoms with Crippen LogP contribution in [0.2, 0.25) is 0 Å². The Morgan fingerprint density at radius 3 is 1.72 bits per heavy atom. The number of benzene rings is 2. The van der Waals surface area contributed by atoms with Crippen LogP contribution < -0.4 is 5.48 Å². The molecule has 0 bridgehead atoms. The molecule has 1 fully saturated rings. The number of carbonyl (C=O) groups is 2. The van der Waals surface area contributed by atoms with Gasteiger partial charge in [-0.3, -0.25) is 9.69 Å². The fourth-order valence-electron chi connectivity index (χ4n) is 5.22. The van der Waals surface area contributed by atoms with Gasteiger partial charge in [0.2, 0.25) is 0 Å². The van der Waals surface area contributed by atoms with Crippen LogP contribution in [0.4, 0.5) is 0 Å². The van der Waals surface area contributed by atoms with Crippen molar-refractivity contribution in [3.63, 3.8) is 0 Å². The predicted octanol–water partition coefficient (Wildman–Crippen LogP) is 3.93. The molecule has 50 heavy (non-hydrogen) atoms. The maximum absolute atomic E-state index is 12.3. The second kappa shape index (κ2) is 27.7. The molecule has 0 spiro atoms. The monoisotopic (exact) mass is 702 g/mol. The number of amides is 1. The Bertz CT molecular complexity index is 1130. The van der Waals surface area contributed by atoms with Crippen LogP contribution in [0.25, 0.3) is 0 Å². The summed E-state index contributed by atoms with van der Waals surface area (Å²) in [6.07, 6.45) is 5.99. The molecule has 1 N–H and O–H groups in total. The van der Waals surface area contributed by atoms with Gasteiger partial charge in [-0.2, -0.15) is 5.48 Å². The minimum Gasteiger partial charge on any atom is -0.379 e. The van der Waals surface area contributed by atoms with Crippen molar-refractivity contribution in [3.8, 4) is 0 Å². The molecule has 0 radical (unpaired) electrons. The summed E-state index contributed by atoms with van der Waals surface area (Å²) in [5.74, 6) is -1.00. The van der Waals surface area contributed by atoms with Crippen LogP contribution >= 0.6 is 0 Å². The first-order chi connectivity index (χ1) is 24.6. The molecular formula is C38H58N2O10. The normalized spacial score (nSPS) is 13.8. The topological polar surface area (TPSA) is 123 Å². The van der Waals surface area contributed by atoms with Crippen molar-refractivity contribution < 1.29 is 47.6 Å². The van der Waals surface area contributed by atoms with Gasteiger partial charge in [-0.25, -0.2) is 4.79 Å². The molecule has 1 aliphatic heterocycles. The molecule has 1 amide bonds. The highest BCUT2D eigenvalue weighted by Crippen LogP contribution is 2.14. The minimum atomic E-state index is -0.622. The maximum atomic E-state index is 12.3. The molecule has 0 aliphatic carbocycles. The fourth-order valence-corrected chi connectivity index (χ4v) is 5.22. The number of hydrogen-bond acceptors (Lipinski definition) is 11. The summed E-state index contributed by atoms with van der Waals surface area (Å²) in [6.45, 7) is 9.91. The van der Waals surface area contributed by atoms with Gasteiger partial charge in [0.15, 0.2) is 0 Å². The molecule has 1 heterocycles. The van der Waals surface area contributed by atoms with Crippen molar-refractivity contribution in [2.75, 3.05) is 99.1 Å². The lowest BCUT2D eigenvalue weighted by Gasteiger charge is -2.31. The lowest BCUT2D eigenvalue weighted by molar-refractivity contribution is -0.164. The molecule has 2 aromatic rings. The van der Waals surface area contributed by atoms with E-state index in [1.807, 2.05) is 25.1 Å². The zero-order valence-corrected chi connectivity index (χ0v) is 29.9. The summed E-state index contributed by atoms with van der Waals surface area (Å²) in [5, 5.41) is 0. The van der Waals surface area contributed by atoms with Crippen molar-refractivity contribution in [3.05, 3.63) is 71.3 Å². The van der Waals surface area contributed by atoms with E-state index in [9.17, 15) is 9.59 Å². The number of likely N-dealkylation sites (tertiary alicyclic amines) is 1. The minimum absolute atomic E-state index is 0.0425. The largest absolute Gasteiger partial charge is 0.379 e. The SMILES string of the molecule is CCOCCOCCOCCOCCOCCOCN1CCC(OCC(=O)ONC(=O)Cc2ccc(CCCCc3ccccc3)cc2)CC1. The first-order valence-electron chi connectivity index (χ1n) is 18.0. The van der Waals surface area contributed by atoms with Crippen molar-refractivity contribution in [2.24, 2.45) is 0 Å². The molecule has 12 nitrogen and oxygen atoms in total. The highest BCUT2D eigenvalue weighted by Gasteiger charge is 2.21. The van der Waals surface area contributed by atoms with Gasteiger partial charge < -0.3 is 38.0 Å². The number of hydrogen-bond donors (Lipinski definition) is 1. The molecule has 3 rings (SSSR count). The Morgan fingerprint density at radius 2 is 1.16 bits per heavy atom. The highest BCUT2D eigenvalue weighted by atomic mass is 16.7. The van der Waals surface area contributed by atoms with Gasteiger partial charge in [0.25, 0.3) is 5.91 Å². The quantitative estimate of drug-likeness (QED) is 0.103. The third-order valence-electron chi connectivity index (χ3n) is 8.00. The average Bonchev–Trinajstić information content (AvgIpc) is 3.14. The highest BCUT2D eigenvalue weighted by molar-refractivity contribution is 5.80. The molecule has 280 valence electrons. The summed E-state index contributed by atoms with van der Waals surface area (Å²) >= 11 is 0. The molecule has 0 atom stereocenters. The molecule has 0 unspecified atom stereocenters. The fraction of sp³-hybridized carbons (Fsp3) is 0.632. The summed E-state index contributed by atoms with van der Waals surface area (Å²) in [6, 6.07) is 18.5. The van der Waals surface area contributed by atoms with Gasteiger partial charge >= 0.3 is 5.97 Å². The van der Waals surface area contributed by atoms with Crippen LogP contribution in [-0.2, 0) is 66.8 Å². The van der Waals surface area contributed by atoms with Crippen LogP contribution in [0.15, 0.2) is 54.6 Å². The van der Waals surface area contributed by atoms with Crippen LogP contribution in [0, 0.1) is 0 Å². The van der Waals surface area contributed by atoms with Crippen LogP contribution in [0.3, 0.4) is 0 Å². The van der Waals surface area contributed by atoms with E-state index in [1.54, 1.807) is 0 Å². The van der Waals surface area contributed by atoms with Gasteiger partial charge in [-0.15, -0.1) is 0 Å². The molecule has 12 heteroatoms. The Labute approximate surface area is 297 Å². The van der Waals surface area contributed by atoms with E-state index < -0.39 is 5.97 Å². The average molecular weight is 703 g/mol. The van der Waals surface area contributed by atoms with Gasteiger partial charge in [-0.05, 0) is 62.1 Å². The van der Waals surface area contributed by atoms with E-state index in [0.29, 0.717) is 79.4 Å². The number of ether oxygens (including phenoxy) is 7. The van der Waals surface area contributed by atoms with Crippen molar-refractivity contribution in [1.82, 2.24) is 10.4 Å². The summed E-state index contributed by atoms with van der Waals surface area (Å²) < 4.78 is 38.5. The van der Waals surface area contributed by atoms with Gasteiger partial charge in [0.1, 0.15) is 6.61 Å². The van der Waals surface area contributed by atoms with E-state index in [-0.39, 0.29) is 25.0 Å². The van der Waals surface area contributed by atoms with Crippen molar-refractivity contribution in [2.45, 2.75) is 58.0 Å². The molecule has 0 aromatic heterocycles. The van der Waals surface area contributed by atoms with E-state index in [2.05, 4.69) is 46.8 Å². The maximum Gasteiger partial charge on any atom is 0.357 e. The Kier molecular flexibility index (Phi) is 23.0. The van der Waals surface area contributed by atoms with Gasteiger partial charge in [-0.1, -0.05) is 54.6 Å². The number of hydroxylamine groups is 1. The Morgan fingerprint density at radius 1 is 0.660 bits per heavy atom. The Balaban J connectivity index is 1.08. The standard InChI is InChI=1S/C38H58N2O10/c1-2-43-20-21-44-22-23-45-24-25-46-26-27-47-28-29-48-32-40-18-16-36(17-19-40)49-31-38(42)50-39-37(41)30-35-14-12-34(13-15-35)11-7-6-10-33-8-4-3-5-9-33/h3-5,8-9,12-15,36H,2,6-7,10-11,16-32H2,1H3,(H,39,41). The zero-order chi connectivity index (χ0) is 35.3. The van der Waals surface area contributed by atoms with Crippen molar-refractivity contribution >= 4 is 11.9 Å². The van der Waals surface area contributed by atoms with Crippen LogP contribution in [0.5, 0.6) is 0 Å². The number of aryl methyl sites for hydroxylation is 2. The van der Waals surface area contributed by atoms with Crippen molar-refractivity contribution in [1.29, 1.82) is 0 Å². The number of nitrogens with zero attached hydrogens (tertiary/aromatic N) is 1. The first kappa shape index (κ1) is 41.5. The zero-order valence-electron chi connectivity index (χ0n) is 29.9. The second-order valence-electron chi connectivity index (χ2n) is 12.0. The van der Waals surface area contributed by atoms with E-state index in [4.69, 9.17) is 38.0 Å². The van der Waals surface area contributed by atoms with E-state index >= 15 is 0 Å². The third kappa shape index (κ3) is 20.7. The molecular weight excluding hydrogens is 644 g/mol.